The van der Waals surface area contributed by atoms with Gasteiger partial charge in [-0.2, -0.15) is 0 Å². The van der Waals surface area contributed by atoms with E-state index in [0.29, 0.717) is 0 Å². The molecule has 2 aromatic carbocycles. The second kappa shape index (κ2) is 8.42. The molecule has 2 heteroatoms. The minimum atomic E-state index is 0.236. The molecular weight excluding hydrogens is 306 g/mol. The molecule has 25 heavy (non-hydrogen) atoms. The third kappa shape index (κ3) is 5.81. The van der Waals surface area contributed by atoms with Crippen molar-refractivity contribution >= 4 is 5.69 Å². The lowest BCUT2D eigenvalue weighted by atomic mass is 9.87. The highest BCUT2D eigenvalue weighted by molar-refractivity contribution is 5.56. The number of nitrogens with one attached hydrogen (secondary N) is 1. The van der Waals surface area contributed by atoms with E-state index in [4.69, 9.17) is 4.74 Å². The highest BCUT2D eigenvalue weighted by Crippen LogP contribution is 2.26. The third-order valence-corrected chi connectivity index (χ3v) is 4.82. The van der Waals surface area contributed by atoms with Crippen LogP contribution in [0.1, 0.15) is 48.9 Å². The molecule has 2 aromatic rings. The van der Waals surface area contributed by atoms with E-state index in [1.54, 1.807) is 0 Å². The number of aryl methyl sites for hydroxylation is 4. The molecule has 0 aliphatic carbocycles. The van der Waals surface area contributed by atoms with Crippen LogP contribution in [0.15, 0.2) is 36.4 Å². The summed E-state index contributed by atoms with van der Waals surface area (Å²) in [5.41, 5.74) is 6.60. The van der Waals surface area contributed by atoms with Gasteiger partial charge in [0.2, 0.25) is 0 Å². The molecule has 0 spiro atoms. The van der Waals surface area contributed by atoms with Crippen LogP contribution < -0.4 is 10.1 Å². The highest BCUT2D eigenvalue weighted by atomic mass is 16.5. The van der Waals surface area contributed by atoms with Crippen LogP contribution in [0.25, 0.3) is 0 Å². The van der Waals surface area contributed by atoms with Crippen molar-refractivity contribution in [2.24, 2.45) is 5.41 Å². The Morgan fingerprint density at radius 1 is 0.920 bits per heavy atom. The van der Waals surface area contributed by atoms with Crippen molar-refractivity contribution in [2.45, 2.75) is 54.4 Å². The van der Waals surface area contributed by atoms with Crippen molar-refractivity contribution in [1.29, 1.82) is 0 Å². The molecule has 0 saturated carbocycles. The van der Waals surface area contributed by atoms with Crippen LogP contribution >= 0.6 is 0 Å². The predicted molar refractivity (Wildman–Crippen MR) is 109 cm³/mol. The summed E-state index contributed by atoms with van der Waals surface area (Å²) in [7, 11) is 0. The van der Waals surface area contributed by atoms with E-state index in [9.17, 15) is 0 Å². The normalized spacial score (nSPS) is 11.4. The Labute approximate surface area is 153 Å². The predicted octanol–water partition coefficient (Wildman–Crippen LogP) is 6.22. The van der Waals surface area contributed by atoms with Gasteiger partial charge in [-0.3, -0.25) is 0 Å². The molecule has 0 heterocycles. The summed E-state index contributed by atoms with van der Waals surface area (Å²) >= 11 is 0. The Hall–Kier alpha value is -1.96. The van der Waals surface area contributed by atoms with Crippen LogP contribution in [-0.4, -0.2) is 13.2 Å². The summed E-state index contributed by atoms with van der Waals surface area (Å²) in [6.45, 7) is 14.9. The molecule has 2 nitrogen and oxygen atoms in total. The number of hydrogen-bond donors (Lipinski definition) is 1. The number of anilines is 1. The molecule has 136 valence electrons. The van der Waals surface area contributed by atoms with Gasteiger partial charge in [0.15, 0.2) is 0 Å². The fraction of sp³-hybridized carbons (Fsp3) is 0.478. The minimum Gasteiger partial charge on any atom is -0.493 e. The van der Waals surface area contributed by atoms with Crippen LogP contribution in [0.4, 0.5) is 5.69 Å². The van der Waals surface area contributed by atoms with Gasteiger partial charge in [-0.25, -0.2) is 0 Å². The summed E-state index contributed by atoms with van der Waals surface area (Å²) in [5, 5.41) is 3.66. The maximum absolute atomic E-state index is 5.99. The quantitative estimate of drug-likeness (QED) is 0.577. The summed E-state index contributed by atoms with van der Waals surface area (Å²) in [4.78, 5) is 0. The fourth-order valence-electron chi connectivity index (χ4n) is 3.11. The van der Waals surface area contributed by atoms with Gasteiger partial charge >= 0.3 is 0 Å². The summed E-state index contributed by atoms with van der Waals surface area (Å²) in [5.74, 6) is 1.02. The standard InChI is InChI=1S/C23H33NO/c1-17-11-12-18(2)21(15-17)25-14-8-13-23(5,6)16-24-22-19(3)9-7-10-20(22)4/h7,9-12,15,24H,8,13-14,16H2,1-6H3. The number of hydrogen-bond acceptors (Lipinski definition) is 2. The van der Waals surface area contributed by atoms with Crippen molar-refractivity contribution in [1.82, 2.24) is 0 Å². The van der Waals surface area contributed by atoms with Crippen LogP contribution in [0.5, 0.6) is 5.75 Å². The second-order valence-corrected chi connectivity index (χ2v) is 8.01. The first-order chi connectivity index (χ1) is 11.8. The lowest BCUT2D eigenvalue weighted by molar-refractivity contribution is 0.263. The molecule has 0 aromatic heterocycles. The monoisotopic (exact) mass is 339 g/mol. The van der Waals surface area contributed by atoms with Crippen LogP contribution in [-0.2, 0) is 0 Å². The van der Waals surface area contributed by atoms with Gasteiger partial charge in [-0.05, 0) is 74.3 Å². The third-order valence-electron chi connectivity index (χ3n) is 4.82. The molecule has 0 aliphatic heterocycles. The number of ether oxygens (including phenoxy) is 1. The summed E-state index contributed by atoms with van der Waals surface area (Å²) < 4.78 is 5.99. The Morgan fingerprint density at radius 2 is 1.60 bits per heavy atom. The van der Waals surface area contributed by atoms with Crippen LogP contribution in [0.3, 0.4) is 0 Å². The first-order valence-corrected chi connectivity index (χ1v) is 9.29. The van der Waals surface area contributed by atoms with E-state index in [1.807, 2.05) is 0 Å². The highest BCUT2D eigenvalue weighted by Gasteiger charge is 2.18. The number of benzene rings is 2. The van der Waals surface area contributed by atoms with Crippen LogP contribution in [0, 0.1) is 33.1 Å². The average Bonchev–Trinajstić information content (AvgIpc) is 2.54. The first kappa shape index (κ1) is 19.4. The molecule has 0 aliphatic rings. The molecular formula is C23H33NO. The summed E-state index contributed by atoms with van der Waals surface area (Å²) in [6.07, 6.45) is 2.20. The zero-order chi connectivity index (χ0) is 18.4. The Kier molecular flexibility index (Phi) is 6.52. The average molecular weight is 340 g/mol. The van der Waals surface area contributed by atoms with E-state index in [-0.39, 0.29) is 5.41 Å². The van der Waals surface area contributed by atoms with E-state index >= 15 is 0 Å². The van der Waals surface area contributed by atoms with E-state index in [1.165, 1.54) is 27.9 Å². The van der Waals surface area contributed by atoms with E-state index in [2.05, 4.69) is 83.3 Å². The van der Waals surface area contributed by atoms with Gasteiger partial charge in [0.05, 0.1) is 6.61 Å². The molecule has 0 saturated heterocycles. The van der Waals surface area contributed by atoms with Gasteiger partial charge in [0.1, 0.15) is 5.75 Å². The van der Waals surface area contributed by atoms with Crippen molar-refractivity contribution in [3.8, 4) is 5.75 Å². The lowest BCUT2D eigenvalue weighted by Gasteiger charge is -2.27. The second-order valence-electron chi connectivity index (χ2n) is 8.01. The minimum absolute atomic E-state index is 0.236. The van der Waals surface area contributed by atoms with Crippen molar-refractivity contribution in [3.63, 3.8) is 0 Å². The molecule has 0 atom stereocenters. The SMILES string of the molecule is Cc1ccc(C)c(OCCCC(C)(C)CNc2c(C)cccc2C)c1. The largest absolute Gasteiger partial charge is 0.493 e. The molecule has 0 radical (unpaired) electrons. The molecule has 0 fully saturated rings. The van der Waals surface area contributed by atoms with E-state index < -0.39 is 0 Å². The van der Waals surface area contributed by atoms with Crippen molar-refractivity contribution < 1.29 is 4.74 Å². The van der Waals surface area contributed by atoms with Crippen molar-refractivity contribution in [2.75, 3.05) is 18.5 Å². The Bertz CT molecular complexity index is 683. The van der Waals surface area contributed by atoms with Gasteiger partial charge in [-0.1, -0.05) is 44.2 Å². The first-order valence-electron chi connectivity index (χ1n) is 9.29. The lowest BCUT2D eigenvalue weighted by Crippen LogP contribution is -2.24. The smallest absolute Gasteiger partial charge is 0.122 e. The molecule has 1 N–H and O–H groups in total. The molecule has 0 unspecified atom stereocenters. The molecule has 0 bridgehead atoms. The van der Waals surface area contributed by atoms with Gasteiger partial charge < -0.3 is 10.1 Å². The molecule has 2 rings (SSSR count). The number of para-hydroxylation sites is 1. The maximum Gasteiger partial charge on any atom is 0.122 e. The zero-order valence-corrected chi connectivity index (χ0v) is 16.7. The maximum atomic E-state index is 5.99. The molecule has 0 amide bonds. The van der Waals surface area contributed by atoms with Gasteiger partial charge in [-0.15, -0.1) is 0 Å². The fourth-order valence-corrected chi connectivity index (χ4v) is 3.11. The number of rotatable bonds is 8. The zero-order valence-electron chi connectivity index (χ0n) is 16.7. The van der Waals surface area contributed by atoms with Gasteiger partial charge in [0, 0.05) is 12.2 Å². The summed E-state index contributed by atoms with van der Waals surface area (Å²) in [6, 6.07) is 12.8. The topological polar surface area (TPSA) is 21.3 Å². The van der Waals surface area contributed by atoms with E-state index in [0.717, 1.165) is 31.7 Å². The van der Waals surface area contributed by atoms with Crippen molar-refractivity contribution in [3.05, 3.63) is 58.7 Å². The van der Waals surface area contributed by atoms with Crippen LogP contribution in [0.2, 0.25) is 0 Å². The van der Waals surface area contributed by atoms with Gasteiger partial charge in [0.25, 0.3) is 0 Å². The Balaban J connectivity index is 1.80. The Morgan fingerprint density at radius 3 is 2.28 bits per heavy atom.